The van der Waals surface area contributed by atoms with Gasteiger partial charge in [0.25, 0.3) is 5.56 Å². The Morgan fingerprint density at radius 2 is 1.77 bits per heavy atom. The molecule has 1 atom stereocenters. The number of halogens is 2. The summed E-state index contributed by atoms with van der Waals surface area (Å²) in [5.74, 6) is 1.68. The van der Waals surface area contributed by atoms with Crippen LogP contribution >= 0.6 is 31.9 Å². The van der Waals surface area contributed by atoms with Crippen molar-refractivity contribution in [2.24, 2.45) is 5.10 Å². The third-order valence-corrected chi connectivity index (χ3v) is 7.59. The summed E-state index contributed by atoms with van der Waals surface area (Å²) in [7, 11) is 0. The first-order chi connectivity index (χ1) is 16.9. The summed E-state index contributed by atoms with van der Waals surface area (Å²) >= 11 is 7.29. The Hall–Kier alpha value is -2.97. The molecule has 0 bridgehead atoms. The number of hydrogen-bond donors (Lipinski definition) is 0. The van der Waals surface area contributed by atoms with Crippen molar-refractivity contribution in [1.82, 2.24) is 9.66 Å². The summed E-state index contributed by atoms with van der Waals surface area (Å²) in [6.45, 7) is 6.47. The third kappa shape index (κ3) is 5.33. The zero-order valence-electron chi connectivity index (χ0n) is 19.7. The van der Waals surface area contributed by atoms with Crippen LogP contribution in [0.15, 0.2) is 79.5 Å². The molecule has 0 aliphatic carbocycles. The Morgan fingerprint density at radius 1 is 1.06 bits per heavy atom. The van der Waals surface area contributed by atoms with Gasteiger partial charge < -0.3 is 9.47 Å². The summed E-state index contributed by atoms with van der Waals surface area (Å²) < 4.78 is 14.8. The molecule has 3 aromatic carbocycles. The molecule has 180 valence electrons. The average molecular weight is 599 g/mol. The van der Waals surface area contributed by atoms with Crippen molar-refractivity contribution in [3.63, 3.8) is 0 Å². The van der Waals surface area contributed by atoms with Crippen molar-refractivity contribution in [3.8, 4) is 22.9 Å². The summed E-state index contributed by atoms with van der Waals surface area (Å²) in [5.41, 5.74) is 1.88. The lowest BCUT2D eigenvalue weighted by Gasteiger charge is -2.19. The van der Waals surface area contributed by atoms with Crippen molar-refractivity contribution in [3.05, 3.63) is 85.5 Å². The molecule has 6 nitrogen and oxygen atoms in total. The van der Waals surface area contributed by atoms with E-state index in [1.807, 2.05) is 68.4 Å². The fourth-order valence-electron chi connectivity index (χ4n) is 3.48. The van der Waals surface area contributed by atoms with Gasteiger partial charge in [-0.3, -0.25) is 4.79 Å². The number of hydrogen-bond acceptors (Lipinski definition) is 5. The zero-order valence-corrected chi connectivity index (χ0v) is 22.8. The van der Waals surface area contributed by atoms with Gasteiger partial charge >= 0.3 is 0 Å². The highest BCUT2D eigenvalue weighted by Crippen LogP contribution is 2.43. The van der Waals surface area contributed by atoms with E-state index < -0.39 is 0 Å². The van der Waals surface area contributed by atoms with Gasteiger partial charge in [-0.25, -0.2) is 4.98 Å². The highest BCUT2D eigenvalue weighted by Gasteiger charge is 2.19. The van der Waals surface area contributed by atoms with Gasteiger partial charge in [0, 0.05) is 15.6 Å². The van der Waals surface area contributed by atoms with E-state index in [9.17, 15) is 4.79 Å². The lowest BCUT2D eigenvalue weighted by atomic mass is 10.2. The van der Waals surface area contributed by atoms with Crippen LogP contribution in [-0.2, 0) is 0 Å². The Bertz CT molecular complexity index is 1440. The predicted molar refractivity (Wildman–Crippen MR) is 148 cm³/mol. The number of fused-ring (bicyclic) bond motifs is 1. The van der Waals surface area contributed by atoms with E-state index in [1.165, 1.54) is 4.68 Å². The molecule has 4 rings (SSSR count). The molecular weight excluding hydrogens is 574 g/mol. The van der Waals surface area contributed by atoms with Crippen LogP contribution in [0, 0.1) is 0 Å². The molecule has 0 saturated carbocycles. The second-order valence-electron chi connectivity index (χ2n) is 7.87. The molecule has 0 amide bonds. The Morgan fingerprint density at radius 3 is 2.49 bits per heavy atom. The van der Waals surface area contributed by atoms with Gasteiger partial charge in [-0.15, -0.1) is 0 Å². The van der Waals surface area contributed by atoms with E-state index in [4.69, 9.17) is 14.5 Å². The Balaban J connectivity index is 1.87. The summed E-state index contributed by atoms with van der Waals surface area (Å²) in [4.78, 5) is 18.2. The molecule has 0 N–H and O–H groups in total. The van der Waals surface area contributed by atoms with E-state index in [2.05, 4.69) is 43.9 Å². The largest absolute Gasteiger partial charge is 0.490 e. The monoisotopic (exact) mass is 597 g/mol. The van der Waals surface area contributed by atoms with Gasteiger partial charge in [0.15, 0.2) is 17.3 Å². The average Bonchev–Trinajstić information content (AvgIpc) is 2.88. The lowest BCUT2D eigenvalue weighted by molar-refractivity contribution is 0.201. The predicted octanol–water partition coefficient (Wildman–Crippen LogP) is 7.05. The summed E-state index contributed by atoms with van der Waals surface area (Å²) in [5, 5.41) is 5.08. The SMILES string of the molecule is CCOc1cc(C=Nn2c(-c3ccccc3)nc3ccccc3c2=O)c(Br)c(Br)c1O[C@@H](C)CC. The van der Waals surface area contributed by atoms with Gasteiger partial charge in [-0.1, -0.05) is 49.4 Å². The highest BCUT2D eigenvalue weighted by atomic mass is 79.9. The third-order valence-electron chi connectivity index (χ3n) is 5.45. The molecule has 0 aliphatic heterocycles. The number of rotatable bonds is 8. The minimum Gasteiger partial charge on any atom is -0.490 e. The summed E-state index contributed by atoms with van der Waals surface area (Å²) in [6, 6.07) is 18.7. The van der Waals surface area contributed by atoms with Gasteiger partial charge in [0.2, 0.25) is 0 Å². The molecule has 1 aromatic heterocycles. The smallest absolute Gasteiger partial charge is 0.282 e. The molecular formula is C27H25Br2N3O3. The molecule has 0 radical (unpaired) electrons. The van der Waals surface area contributed by atoms with Crippen LogP contribution in [0.5, 0.6) is 11.5 Å². The standard InChI is InChI=1S/C27H25Br2N3O3/c1-4-17(3)35-25-22(34-5-2)15-19(23(28)24(25)29)16-30-32-26(18-11-7-6-8-12-18)31-21-14-10-9-13-20(21)27(32)33/h6-17H,4-5H2,1-3H3/t17-/m0/s1. The maximum Gasteiger partial charge on any atom is 0.282 e. The van der Waals surface area contributed by atoms with E-state index in [1.54, 1.807) is 12.3 Å². The first-order valence-corrected chi connectivity index (χ1v) is 13.0. The maximum atomic E-state index is 13.4. The van der Waals surface area contributed by atoms with Crippen LogP contribution in [0.2, 0.25) is 0 Å². The van der Waals surface area contributed by atoms with E-state index >= 15 is 0 Å². The lowest BCUT2D eigenvalue weighted by Crippen LogP contribution is -2.20. The van der Waals surface area contributed by atoms with Crippen LogP contribution in [0.25, 0.3) is 22.3 Å². The quantitative estimate of drug-likeness (QED) is 0.204. The maximum absolute atomic E-state index is 13.4. The van der Waals surface area contributed by atoms with Gasteiger partial charge in [-0.2, -0.15) is 9.78 Å². The van der Waals surface area contributed by atoms with Crippen LogP contribution in [-0.4, -0.2) is 28.6 Å². The van der Waals surface area contributed by atoms with E-state index in [-0.39, 0.29) is 11.7 Å². The molecule has 35 heavy (non-hydrogen) atoms. The fraction of sp³-hybridized carbons (Fsp3) is 0.222. The zero-order chi connectivity index (χ0) is 24.9. The highest BCUT2D eigenvalue weighted by molar-refractivity contribution is 9.13. The van der Waals surface area contributed by atoms with E-state index in [0.29, 0.717) is 34.8 Å². The first kappa shape index (κ1) is 25.1. The first-order valence-electron chi connectivity index (χ1n) is 11.4. The van der Waals surface area contributed by atoms with Crippen molar-refractivity contribution < 1.29 is 9.47 Å². The molecule has 8 heteroatoms. The van der Waals surface area contributed by atoms with Crippen LogP contribution in [0.1, 0.15) is 32.8 Å². The molecule has 4 aromatic rings. The Labute approximate surface area is 220 Å². The van der Waals surface area contributed by atoms with Crippen molar-refractivity contribution in [1.29, 1.82) is 0 Å². The molecule has 0 aliphatic rings. The number of benzene rings is 3. The normalized spacial score (nSPS) is 12.3. The number of ether oxygens (including phenoxy) is 2. The molecule has 0 unspecified atom stereocenters. The van der Waals surface area contributed by atoms with Crippen molar-refractivity contribution in [2.75, 3.05) is 6.61 Å². The van der Waals surface area contributed by atoms with Gasteiger partial charge in [0.1, 0.15) is 0 Å². The number of para-hydroxylation sites is 1. The van der Waals surface area contributed by atoms with Crippen LogP contribution < -0.4 is 15.0 Å². The summed E-state index contributed by atoms with van der Waals surface area (Å²) in [6.07, 6.45) is 2.50. The topological polar surface area (TPSA) is 65.7 Å². The van der Waals surface area contributed by atoms with Crippen molar-refractivity contribution >= 4 is 49.0 Å². The molecule has 0 fully saturated rings. The number of nitrogens with zero attached hydrogens (tertiary/aromatic N) is 3. The van der Waals surface area contributed by atoms with Gasteiger partial charge in [0.05, 0.1) is 34.3 Å². The van der Waals surface area contributed by atoms with E-state index in [0.717, 1.165) is 26.5 Å². The Kier molecular flexibility index (Phi) is 8.03. The second-order valence-corrected chi connectivity index (χ2v) is 9.46. The fourth-order valence-corrected chi connectivity index (χ4v) is 4.40. The molecule has 0 saturated heterocycles. The molecule has 0 spiro atoms. The van der Waals surface area contributed by atoms with Gasteiger partial charge in [-0.05, 0) is 70.3 Å². The minimum absolute atomic E-state index is 0.0209. The number of aromatic nitrogens is 2. The van der Waals surface area contributed by atoms with Crippen LogP contribution in [0.3, 0.4) is 0 Å². The minimum atomic E-state index is -0.248. The van der Waals surface area contributed by atoms with Crippen LogP contribution in [0.4, 0.5) is 0 Å². The molecule has 1 heterocycles. The second kappa shape index (κ2) is 11.2. The van der Waals surface area contributed by atoms with Crippen molar-refractivity contribution in [2.45, 2.75) is 33.3 Å².